The van der Waals surface area contributed by atoms with E-state index in [0.29, 0.717) is 27.8 Å². The highest BCUT2D eigenvalue weighted by atomic mass is 35.5. The van der Waals surface area contributed by atoms with Crippen LogP contribution in [-0.4, -0.2) is 18.9 Å². The Hall–Kier alpha value is -3.77. The zero-order valence-electron chi connectivity index (χ0n) is 17.6. The highest BCUT2D eigenvalue weighted by molar-refractivity contribution is 6.32. The molecule has 1 saturated heterocycles. The number of hydrogen-bond acceptors (Lipinski definition) is 4. The van der Waals surface area contributed by atoms with Gasteiger partial charge in [-0.2, -0.15) is 0 Å². The summed E-state index contributed by atoms with van der Waals surface area (Å²) in [6.45, 7) is 2.30. The number of hydrogen-bond donors (Lipinski definition) is 1. The van der Waals surface area contributed by atoms with Crippen molar-refractivity contribution in [3.05, 3.63) is 94.0 Å². The molecule has 1 aliphatic rings. The maximum Gasteiger partial charge on any atom is 0.282 e. The molecule has 0 saturated carbocycles. The van der Waals surface area contributed by atoms with E-state index in [0.717, 1.165) is 11.1 Å². The summed E-state index contributed by atoms with van der Waals surface area (Å²) in [5, 5.41) is 1.60. The van der Waals surface area contributed by atoms with Crippen LogP contribution in [0.15, 0.2) is 72.3 Å². The van der Waals surface area contributed by atoms with Crippen molar-refractivity contribution in [1.29, 1.82) is 0 Å². The number of methoxy groups -OCH3 is 1. The number of benzene rings is 3. The summed E-state index contributed by atoms with van der Waals surface area (Å²) in [7, 11) is 1.51. The number of carbonyl (C=O) groups is 2. The topological polar surface area (TPSA) is 67.9 Å². The number of aryl methyl sites for hydroxylation is 1. The molecule has 3 aromatic rings. The normalized spacial score (nSPS) is 14.6. The quantitative estimate of drug-likeness (QED) is 0.438. The number of rotatable bonds is 6. The van der Waals surface area contributed by atoms with E-state index in [1.165, 1.54) is 18.2 Å². The van der Waals surface area contributed by atoms with Crippen molar-refractivity contribution >= 4 is 35.2 Å². The molecule has 32 heavy (non-hydrogen) atoms. The Labute approximate surface area is 191 Å². The third-order valence-electron chi connectivity index (χ3n) is 4.98. The van der Waals surface area contributed by atoms with Crippen LogP contribution in [0.1, 0.15) is 16.7 Å². The van der Waals surface area contributed by atoms with Gasteiger partial charge in [0.1, 0.15) is 12.2 Å². The molecule has 1 N–H and O–H groups in total. The van der Waals surface area contributed by atoms with Crippen LogP contribution in [0.5, 0.6) is 11.5 Å². The summed E-state index contributed by atoms with van der Waals surface area (Å²) in [5.74, 6) is -0.183. The molecular formula is C25H21ClN2O4. The first-order valence-corrected chi connectivity index (χ1v) is 10.3. The van der Waals surface area contributed by atoms with E-state index in [-0.39, 0.29) is 12.2 Å². The maximum absolute atomic E-state index is 13.0. The van der Waals surface area contributed by atoms with Crippen LogP contribution in [0.3, 0.4) is 0 Å². The van der Waals surface area contributed by atoms with Crippen LogP contribution in [0.4, 0.5) is 5.69 Å². The van der Waals surface area contributed by atoms with Crippen molar-refractivity contribution in [1.82, 2.24) is 5.43 Å². The van der Waals surface area contributed by atoms with Crippen molar-refractivity contribution in [3.63, 3.8) is 0 Å². The molecule has 4 rings (SSSR count). The molecule has 0 aromatic heterocycles. The predicted molar refractivity (Wildman–Crippen MR) is 124 cm³/mol. The largest absolute Gasteiger partial charge is 0.493 e. The Morgan fingerprint density at radius 3 is 2.44 bits per heavy atom. The van der Waals surface area contributed by atoms with Crippen LogP contribution >= 0.6 is 11.6 Å². The van der Waals surface area contributed by atoms with E-state index < -0.39 is 11.8 Å². The van der Waals surface area contributed by atoms with Crippen LogP contribution in [0.25, 0.3) is 6.08 Å². The summed E-state index contributed by atoms with van der Waals surface area (Å²) in [5.41, 5.74) is 5.71. The third-order valence-corrected chi connectivity index (χ3v) is 5.20. The molecule has 7 heteroatoms. The summed E-state index contributed by atoms with van der Waals surface area (Å²) in [6.07, 6.45) is 1.47. The fourth-order valence-corrected chi connectivity index (χ4v) is 3.53. The molecule has 0 spiro atoms. The van der Waals surface area contributed by atoms with E-state index in [9.17, 15) is 9.59 Å². The molecule has 0 aliphatic carbocycles. The second kappa shape index (κ2) is 9.16. The minimum atomic E-state index is -0.512. The lowest BCUT2D eigenvalue weighted by atomic mass is 10.1. The lowest BCUT2D eigenvalue weighted by Gasteiger charge is -2.15. The number of halogens is 1. The van der Waals surface area contributed by atoms with Crippen molar-refractivity contribution < 1.29 is 19.1 Å². The Morgan fingerprint density at radius 1 is 1.03 bits per heavy atom. The standard InChI is InChI=1S/C25H21ClN2O4/c1-16-8-10-17(11-9-16)15-32-23-18(12-19(26)14-22(23)31-2)13-21-24(29)27-28(25(21)30)20-6-4-3-5-7-20/h3-14H,15H2,1-2H3,(H,27,29)/b21-13-. The van der Waals surface area contributed by atoms with E-state index in [2.05, 4.69) is 5.43 Å². The minimum Gasteiger partial charge on any atom is -0.493 e. The molecule has 1 fully saturated rings. The highest BCUT2D eigenvalue weighted by Gasteiger charge is 2.34. The molecule has 162 valence electrons. The van der Waals surface area contributed by atoms with Crippen LogP contribution < -0.4 is 19.9 Å². The van der Waals surface area contributed by atoms with Gasteiger partial charge >= 0.3 is 0 Å². The predicted octanol–water partition coefficient (Wildman–Crippen LogP) is 4.70. The summed E-state index contributed by atoms with van der Waals surface area (Å²) >= 11 is 6.26. The number of para-hydroxylation sites is 1. The monoisotopic (exact) mass is 448 g/mol. The highest BCUT2D eigenvalue weighted by Crippen LogP contribution is 2.37. The molecule has 1 aliphatic heterocycles. The SMILES string of the molecule is COc1cc(Cl)cc(/C=C2/C(=O)NN(c3ccccc3)C2=O)c1OCc1ccc(C)cc1. The van der Waals surface area contributed by atoms with Gasteiger partial charge in [-0.25, -0.2) is 5.01 Å². The van der Waals surface area contributed by atoms with Crippen molar-refractivity contribution in [2.24, 2.45) is 0 Å². The van der Waals surface area contributed by atoms with Gasteiger partial charge in [0.25, 0.3) is 11.8 Å². The Morgan fingerprint density at radius 2 is 1.75 bits per heavy atom. The Bertz CT molecular complexity index is 1190. The van der Waals surface area contributed by atoms with Crippen molar-refractivity contribution in [3.8, 4) is 11.5 Å². The van der Waals surface area contributed by atoms with Gasteiger partial charge in [-0.15, -0.1) is 0 Å². The summed E-state index contributed by atoms with van der Waals surface area (Å²) in [4.78, 5) is 25.5. The Balaban J connectivity index is 1.68. The van der Waals surface area contributed by atoms with E-state index in [4.69, 9.17) is 21.1 Å². The Kier molecular flexibility index (Phi) is 6.14. The first kappa shape index (κ1) is 21.5. The zero-order chi connectivity index (χ0) is 22.7. The number of hydrazine groups is 1. The lowest BCUT2D eigenvalue weighted by Crippen LogP contribution is -2.35. The second-order valence-corrected chi connectivity index (χ2v) is 7.71. The third kappa shape index (κ3) is 4.45. The fraction of sp³-hybridized carbons (Fsp3) is 0.120. The van der Waals surface area contributed by atoms with Crippen LogP contribution in [0.2, 0.25) is 5.02 Å². The van der Waals surface area contributed by atoms with Crippen molar-refractivity contribution in [2.45, 2.75) is 13.5 Å². The number of anilines is 1. The maximum atomic E-state index is 13.0. The molecule has 1 heterocycles. The van der Waals surface area contributed by atoms with Gasteiger partial charge in [-0.05, 0) is 36.8 Å². The molecule has 0 atom stereocenters. The summed E-state index contributed by atoms with van der Waals surface area (Å²) in [6, 6.07) is 20.1. The van der Waals surface area contributed by atoms with E-state index in [1.807, 2.05) is 37.3 Å². The van der Waals surface area contributed by atoms with Gasteiger partial charge in [0.15, 0.2) is 11.5 Å². The van der Waals surface area contributed by atoms with Crippen LogP contribution in [0, 0.1) is 6.92 Å². The van der Waals surface area contributed by atoms with E-state index >= 15 is 0 Å². The number of carbonyl (C=O) groups excluding carboxylic acids is 2. The number of nitrogens with zero attached hydrogens (tertiary/aromatic N) is 1. The van der Waals surface area contributed by atoms with Gasteiger partial charge in [0.2, 0.25) is 0 Å². The van der Waals surface area contributed by atoms with Gasteiger partial charge in [-0.1, -0.05) is 59.6 Å². The van der Waals surface area contributed by atoms with Gasteiger partial charge < -0.3 is 9.47 Å². The molecule has 6 nitrogen and oxygen atoms in total. The van der Waals surface area contributed by atoms with Gasteiger partial charge in [0.05, 0.1) is 12.8 Å². The molecular weight excluding hydrogens is 428 g/mol. The van der Waals surface area contributed by atoms with Gasteiger partial charge in [0, 0.05) is 16.7 Å². The minimum absolute atomic E-state index is 0.0293. The first-order chi connectivity index (χ1) is 15.5. The molecule has 0 bridgehead atoms. The molecule has 3 aromatic carbocycles. The fourth-order valence-electron chi connectivity index (χ4n) is 3.31. The lowest BCUT2D eigenvalue weighted by molar-refractivity contribution is -0.117. The average molecular weight is 449 g/mol. The van der Waals surface area contributed by atoms with Crippen molar-refractivity contribution in [2.75, 3.05) is 12.1 Å². The molecule has 0 radical (unpaired) electrons. The smallest absolute Gasteiger partial charge is 0.282 e. The number of ether oxygens (including phenoxy) is 2. The average Bonchev–Trinajstić information content (AvgIpc) is 3.08. The number of amides is 2. The zero-order valence-corrected chi connectivity index (χ0v) is 18.3. The molecule has 0 unspecified atom stereocenters. The second-order valence-electron chi connectivity index (χ2n) is 7.28. The van der Waals surface area contributed by atoms with E-state index in [1.54, 1.807) is 36.4 Å². The first-order valence-electron chi connectivity index (χ1n) is 9.94. The van der Waals surface area contributed by atoms with Gasteiger partial charge in [-0.3, -0.25) is 15.0 Å². The molecule has 2 amide bonds. The summed E-state index contributed by atoms with van der Waals surface area (Å²) < 4.78 is 11.5. The van der Waals surface area contributed by atoms with Crippen LogP contribution in [-0.2, 0) is 16.2 Å². The number of nitrogens with one attached hydrogen (secondary N) is 1.